The molecule has 0 aromatic heterocycles. The fourth-order valence-corrected chi connectivity index (χ4v) is 2.14. The summed E-state index contributed by atoms with van der Waals surface area (Å²) in [5, 5.41) is 3.36. The van der Waals surface area contributed by atoms with E-state index in [1.165, 1.54) is 11.3 Å². The van der Waals surface area contributed by atoms with E-state index >= 15 is 0 Å². The molecule has 88 valence electrons. The minimum absolute atomic E-state index is 0.241. The Hall–Kier alpha value is -1.06. The van der Waals surface area contributed by atoms with E-state index in [1.54, 1.807) is 0 Å². The molecule has 1 aliphatic rings. The van der Waals surface area contributed by atoms with Gasteiger partial charge in [-0.05, 0) is 31.0 Å². The van der Waals surface area contributed by atoms with Gasteiger partial charge in [0, 0.05) is 37.9 Å². The van der Waals surface area contributed by atoms with Crippen LogP contribution < -0.4 is 16.0 Å². The molecule has 3 N–H and O–H groups in total. The Morgan fingerprint density at radius 1 is 1.25 bits per heavy atom. The van der Waals surface area contributed by atoms with E-state index in [0.717, 1.165) is 32.6 Å². The lowest BCUT2D eigenvalue weighted by Crippen LogP contribution is -2.43. The van der Waals surface area contributed by atoms with Gasteiger partial charge < -0.3 is 16.0 Å². The molecule has 0 spiro atoms. The Balaban J connectivity index is 2.00. The summed E-state index contributed by atoms with van der Waals surface area (Å²) in [6.07, 6.45) is 0.960. The molecule has 2 rings (SSSR count). The monoisotopic (exact) mass is 219 g/mol. The van der Waals surface area contributed by atoms with Crippen LogP contribution in [0, 0.1) is 0 Å². The maximum Gasteiger partial charge on any atom is 0.0367 e. The summed E-state index contributed by atoms with van der Waals surface area (Å²) in [4.78, 5) is 2.42. The van der Waals surface area contributed by atoms with Crippen LogP contribution in [0.3, 0.4) is 0 Å². The highest BCUT2D eigenvalue weighted by Gasteiger charge is 2.09. The second-order valence-corrected chi connectivity index (χ2v) is 4.58. The molecule has 1 aliphatic heterocycles. The Morgan fingerprint density at radius 2 is 1.88 bits per heavy atom. The Kier molecular flexibility index (Phi) is 3.80. The first-order chi connectivity index (χ1) is 7.75. The molecule has 0 bridgehead atoms. The van der Waals surface area contributed by atoms with E-state index in [4.69, 9.17) is 5.73 Å². The third-order valence-corrected chi connectivity index (χ3v) is 2.98. The average molecular weight is 219 g/mol. The van der Waals surface area contributed by atoms with Gasteiger partial charge in [-0.2, -0.15) is 0 Å². The van der Waals surface area contributed by atoms with Gasteiger partial charge >= 0.3 is 0 Å². The molecule has 1 aromatic rings. The smallest absolute Gasteiger partial charge is 0.0367 e. The van der Waals surface area contributed by atoms with Crippen molar-refractivity contribution >= 4 is 5.69 Å². The van der Waals surface area contributed by atoms with Crippen molar-refractivity contribution < 1.29 is 0 Å². The van der Waals surface area contributed by atoms with E-state index in [9.17, 15) is 0 Å². The lowest BCUT2D eigenvalue weighted by atomic mass is 10.1. The molecule has 3 nitrogen and oxygen atoms in total. The van der Waals surface area contributed by atoms with Crippen molar-refractivity contribution in [3.63, 3.8) is 0 Å². The van der Waals surface area contributed by atoms with Crippen molar-refractivity contribution in [2.75, 3.05) is 31.1 Å². The fourth-order valence-electron chi connectivity index (χ4n) is 2.14. The number of piperazine rings is 1. The summed E-state index contributed by atoms with van der Waals surface area (Å²) in [6.45, 7) is 6.42. The van der Waals surface area contributed by atoms with Crippen molar-refractivity contribution in [1.82, 2.24) is 5.32 Å². The lowest BCUT2D eigenvalue weighted by molar-refractivity contribution is 0.589. The molecule has 16 heavy (non-hydrogen) atoms. The molecule has 0 radical (unpaired) electrons. The number of hydrogen-bond donors (Lipinski definition) is 2. The van der Waals surface area contributed by atoms with Crippen molar-refractivity contribution in [3.8, 4) is 0 Å². The van der Waals surface area contributed by atoms with Crippen LogP contribution in [-0.4, -0.2) is 32.2 Å². The predicted octanol–water partition coefficient (Wildman–Crippen LogP) is 0.986. The van der Waals surface area contributed by atoms with Crippen molar-refractivity contribution in [1.29, 1.82) is 0 Å². The lowest BCUT2D eigenvalue weighted by Gasteiger charge is -2.29. The first-order valence-electron chi connectivity index (χ1n) is 6.06. The third-order valence-electron chi connectivity index (χ3n) is 2.98. The van der Waals surface area contributed by atoms with Gasteiger partial charge in [-0.25, -0.2) is 0 Å². The number of hydrogen-bond acceptors (Lipinski definition) is 3. The highest BCUT2D eigenvalue weighted by molar-refractivity contribution is 5.48. The van der Waals surface area contributed by atoms with Crippen LogP contribution in [0.5, 0.6) is 0 Å². The number of nitrogens with two attached hydrogens (primary N) is 1. The van der Waals surface area contributed by atoms with Gasteiger partial charge in [-0.3, -0.25) is 0 Å². The zero-order valence-corrected chi connectivity index (χ0v) is 9.95. The first-order valence-corrected chi connectivity index (χ1v) is 6.06. The molecule has 1 atom stereocenters. The molecule has 1 heterocycles. The van der Waals surface area contributed by atoms with Crippen LogP contribution >= 0.6 is 0 Å². The minimum Gasteiger partial charge on any atom is -0.369 e. The number of nitrogens with zero attached hydrogens (tertiary/aromatic N) is 1. The van der Waals surface area contributed by atoms with Crippen LogP contribution in [0.15, 0.2) is 24.3 Å². The number of anilines is 1. The maximum absolute atomic E-state index is 5.79. The van der Waals surface area contributed by atoms with Gasteiger partial charge in [0.15, 0.2) is 0 Å². The molecule has 1 saturated heterocycles. The van der Waals surface area contributed by atoms with E-state index < -0.39 is 0 Å². The molecular weight excluding hydrogens is 198 g/mol. The van der Waals surface area contributed by atoms with Crippen molar-refractivity contribution in [3.05, 3.63) is 29.8 Å². The van der Waals surface area contributed by atoms with E-state index in [1.807, 2.05) is 6.92 Å². The second-order valence-electron chi connectivity index (χ2n) is 4.58. The van der Waals surface area contributed by atoms with Gasteiger partial charge in [0.1, 0.15) is 0 Å². The number of benzene rings is 1. The third kappa shape index (κ3) is 2.97. The van der Waals surface area contributed by atoms with Gasteiger partial charge in [-0.15, -0.1) is 0 Å². The molecule has 1 aromatic carbocycles. The number of rotatable bonds is 3. The van der Waals surface area contributed by atoms with Crippen molar-refractivity contribution in [2.45, 2.75) is 19.4 Å². The molecule has 1 unspecified atom stereocenters. The molecule has 0 aliphatic carbocycles. The molecule has 0 saturated carbocycles. The predicted molar refractivity (Wildman–Crippen MR) is 68.9 cm³/mol. The summed E-state index contributed by atoms with van der Waals surface area (Å²) < 4.78 is 0. The SMILES string of the molecule is CC(N)Cc1ccc(N2CCNCC2)cc1. The standard InChI is InChI=1S/C13H21N3/c1-11(14)10-12-2-4-13(5-3-12)16-8-6-15-7-9-16/h2-5,11,15H,6-10,14H2,1H3. The van der Waals surface area contributed by atoms with Gasteiger partial charge in [0.2, 0.25) is 0 Å². The molecular formula is C13H21N3. The Labute approximate surface area is 97.6 Å². The van der Waals surface area contributed by atoms with Crippen LogP contribution in [0.25, 0.3) is 0 Å². The van der Waals surface area contributed by atoms with Crippen molar-refractivity contribution in [2.24, 2.45) is 5.73 Å². The Bertz CT molecular complexity index is 312. The topological polar surface area (TPSA) is 41.3 Å². The first kappa shape index (κ1) is 11.4. The highest BCUT2D eigenvalue weighted by Crippen LogP contribution is 2.16. The zero-order chi connectivity index (χ0) is 11.4. The zero-order valence-electron chi connectivity index (χ0n) is 9.95. The van der Waals surface area contributed by atoms with Crippen LogP contribution in [0.4, 0.5) is 5.69 Å². The summed E-state index contributed by atoms with van der Waals surface area (Å²) in [7, 11) is 0. The summed E-state index contributed by atoms with van der Waals surface area (Å²) in [6, 6.07) is 9.05. The molecule has 3 heteroatoms. The van der Waals surface area contributed by atoms with E-state index in [0.29, 0.717) is 0 Å². The Morgan fingerprint density at radius 3 is 2.44 bits per heavy atom. The van der Waals surface area contributed by atoms with E-state index in [-0.39, 0.29) is 6.04 Å². The average Bonchev–Trinajstić information content (AvgIpc) is 2.30. The van der Waals surface area contributed by atoms with Crippen LogP contribution in [-0.2, 0) is 6.42 Å². The van der Waals surface area contributed by atoms with E-state index in [2.05, 4.69) is 34.5 Å². The van der Waals surface area contributed by atoms with Gasteiger partial charge in [0.25, 0.3) is 0 Å². The summed E-state index contributed by atoms with van der Waals surface area (Å²) >= 11 is 0. The quantitative estimate of drug-likeness (QED) is 0.796. The van der Waals surface area contributed by atoms with Gasteiger partial charge in [0.05, 0.1) is 0 Å². The highest BCUT2D eigenvalue weighted by atomic mass is 15.2. The summed E-state index contributed by atoms with van der Waals surface area (Å²) in [5.41, 5.74) is 8.44. The van der Waals surface area contributed by atoms with Crippen LogP contribution in [0.1, 0.15) is 12.5 Å². The van der Waals surface area contributed by atoms with Crippen LogP contribution in [0.2, 0.25) is 0 Å². The largest absolute Gasteiger partial charge is 0.369 e. The second kappa shape index (κ2) is 5.32. The minimum atomic E-state index is 0.241. The molecule has 0 amide bonds. The molecule has 1 fully saturated rings. The maximum atomic E-state index is 5.79. The number of nitrogens with one attached hydrogen (secondary N) is 1. The van der Waals surface area contributed by atoms with Gasteiger partial charge in [-0.1, -0.05) is 12.1 Å². The fraction of sp³-hybridized carbons (Fsp3) is 0.538. The summed E-state index contributed by atoms with van der Waals surface area (Å²) in [5.74, 6) is 0. The normalized spacial score (nSPS) is 18.5.